The SMILES string of the molecule is CCOC(=O)C(NC(C)=O)(C(=O)OCC)c1c[nH]c2c(F)c(F)c(F)c(F)c12. The molecule has 28 heavy (non-hydrogen) atoms. The Morgan fingerprint density at radius 3 is 1.93 bits per heavy atom. The van der Waals surface area contributed by atoms with Crippen LogP contribution in [-0.2, 0) is 29.4 Å². The smallest absolute Gasteiger partial charge is 0.348 e. The summed E-state index contributed by atoms with van der Waals surface area (Å²) in [5.41, 5.74) is -4.34. The number of aromatic nitrogens is 1. The topological polar surface area (TPSA) is 97.5 Å². The lowest BCUT2D eigenvalue weighted by Gasteiger charge is -2.29. The van der Waals surface area contributed by atoms with Crippen LogP contribution in [0.15, 0.2) is 6.20 Å². The normalized spacial score (nSPS) is 11.4. The number of nitrogens with one attached hydrogen (secondary N) is 2. The Hall–Kier alpha value is -3.11. The van der Waals surface area contributed by atoms with E-state index in [-0.39, 0.29) is 13.2 Å². The van der Waals surface area contributed by atoms with Gasteiger partial charge in [0.25, 0.3) is 5.54 Å². The molecule has 0 saturated heterocycles. The summed E-state index contributed by atoms with van der Waals surface area (Å²) >= 11 is 0. The highest BCUT2D eigenvalue weighted by molar-refractivity contribution is 6.11. The summed E-state index contributed by atoms with van der Waals surface area (Å²) in [5, 5.41) is 1.07. The Labute approximate surface area is 156 Å². The fourth-order valence-electron chi connectivity index (χ4n) is 2.75. The van der Waals surface area contributed by atoms with Crippen LogP contribution >= 0.6 is 0 Å². The van der Waals surface area contributed by atoms with E-state index in [4.69, 9.17) is 9.47 Å². The molecule has 1 heterocycles. The Kier molecular flexibility index (Phi) is 5.95. The van der Waals surface area contributed by atoms with Crippen molar-refractivity contribution in [2.75, 3.05) is 13.2 Å². The van der Waals surface area contributed by atoms with Gasteiger partial charge < -0.3 is 19.8 Å². The molecule has 0 unspecified atom stereocenters. The number of ether oxygens (including phenoxy) is 2. The first-order chi connectivity index (χ1) is 13.1. The summed E-state index contributed by atoms with van der Waals surface area (Å²) in [5.74, 6) is -11.6. The first-order valence-corrected chi connectivity index (χ1v) is 8.10. The molecule has 0 aliphatic carbocycles. The highest BCUT2D eigenvalue weighted by atomic mass is 19.2. The van der Waals surface area contributed by atoms with Crippen LogP contribution in [0.1, 0.15) is 26.3 Å². The number of amides is 1. The van der Waals surface area contributed by atoms with Gasteiger partial charge in [-0.25, -0.2) is 27.2 Å². The van der Waals surface area contributed by atoms with Gasteiger partial charge in [0.2, 0.25) is 5.91 Å². The zero-order valence-electron chi connectivity index (χ0n) is 15.0. The van der Waals surface area contributed by atoms with E-state index >= 15 is 0 Å². The van der Waals surface area contributed by atoms with Crippen LogP contribution in [-0.4, -0.2) is 36.0 Å². The molecule has 2 N–H and O–H groups in total. The van der Waals surface area contributed by atoms with E-state index in [1.807, 2.05) is 5.32 Å². The molecule has 1 aromatic heterocycles. The second-order valence-electron chi connectivity index (χ2n) is 5.58. The van der Waals surface area contributed by atoms with Crippen molar-refractivity contribution in [2.24, 2.45) is 0 Å². The Morgan fingerprint density at radius 2 is 1.46 bits per heavy atom. The minimum absolute atomic E-state index is 0.248. The Morgan fingerprint density at radius 1 is 0.964 bits per heavy atom. The monoisotopic (exact) mass is 404 g/mol. The molecule has 0 bridgehead atoms. The molecule has 0 radical (unpaired) electrons. The van der Waals surface area contributed by atoms with Gasteiger partial charge in [-0.05, 0) is 13.8 Å². The molecule has 0 spiro atoms. The van der Waals surface area contributed by atoms with Crippen molar-refractivity contribution in [1.82, 2.24) is 10.3 Å². The maximum absolute atomic E-state index is 14.5. The largest absolute Gasteiger partial charge is 0.464 e. The van der Waals surface area contributed by atoms with Crippen LogP contribution in [0.5, 0.6) is 0 Å². The van der Waals surface area contributed by atoms with Crippen molar-refractivity contribution in [2.45, 2.75) is 26.3 Å². The van der Waals surface area contributed by atoms with E-state index in [2.05, 4.69) is 4.98 Å². The van der Waals surface area contributed by atoms with Gasteiger partial charge in [-0.3, -0.25) is 4.79 Å². The standard InChI is InChI=1S/C17H16F4N2O5/c1-4-27-15(25)17(23-7(3)24,16(26)28-5-2)8-6-22-14-9(8)10(18)11(19)12(20)13(14)21/h6,22H,4-5H2,1-3H3,(H,23,24). The van der Waals surface area contributed by atoms with E-state index in [0.717, 1.165) is 13.1 Å². The molecule has 0 atom stereocenters. The van der Waals surface area contributed by atoms with Crippen LogP contribution in [0.25, 0.3) is 10.9 Å². The average Bonchev–Trinajstić information content (AvgIpc) is 3.08. The first kappa shape index (κ1) is 21.2. The molecule has 1 aromatic carbocycles. The molecule has 0 fully saturated rings. The van der Waals surface area contributed by atoms with E-state index in [9.17, 15) is 31.9 Å². The van der Waals surface area contributed by atoms with Gasteiger partial charge in [0.1, 0.15) is 0 Å². The molecule has 0 aliphatic heterocycles. The summed E-state index contributed by atoms with van der Waals surface area (Å²) in [7, 11) is 0. The molecule has 0 aliphatic rings. The summed E-state index contributed by atoms with van der Waals surface area (Å²) < 4.78 is 65.5. The fourth-order valence-corrected chi connectivity index (χ4v) is 2.75. The van der Waals surface area contributed by atoms with Gasteiger partial charge in [0, 0.05) is 24.1 Å². The highest BCUT2D eigenvalue weighted by Gasteiger charge is 2.54. The quantitative estimate of drug-likeness (QED) is 0.253. The molecule has 2 aromatic rings. The predicted molar refractivity (Wildman–Crippen MR) is 86.9 cm³/mol. The number of rotatable bonds is 6. The van der Waals surface area contributed by atoms with Crippen molar-refractivity contribution in [3.63, 3.8) is 0 Å². The van der Waals surface area contributed by atoms with Crippen molar-refractivity contribution in [3.8, 4) is 0 Å². The molecule has 152 valence electrons. The molecule has 0 saturated carbocycles. The minimum Gasteiger partial charge on any atom is -0.464 e. The maximum Gasteiger partial charge on any atom is 0.348 e. The van der Waals surface area contributed by atoms with Gasteiger partial charge in [0.15, 0.2) is 23.3 Å². The van der Waals surface area contributed by atoms with Crippen molar-refractivity contribution >= 4 is 28.7 Å². The number of benzene rings is 1. The van der Waals surface area contributed by atoms with Gasteiger partial charge in [-0.1, -0.05) is 0 Å². The lowest BCUT2D eigenvalue weighted by atomic mass is 9.88. The summed E-state index contributed by atoms with van der Waals surface area (Å²) in [4.78, 5) is 39.2. The van der Waals surface area contributed by atoms with Gasteiger partial charge in [-0.2, -0.15) is 0 Å². The van der Waals surface area contributed by atoms with Crippen molar-refractivity contribution < 1.29 is 41.4 Å². The van der Waals surface area contributed by atoms with E-state index < -0.39 is 63.1 Å². The van der Waals surface area contributed by atoms with Gasteiger partial charge >= 0.3 is 11.9 Å². The third kappa shape index (κ3) is 3.16. The number of halogens is 4. The van der Waals surface area contributed by atoms with E-state index in [0.29, 0.717) is 0 Å². The maximum atomic E-state index is 14.5. The Bertz CT molecular complexity index is 939. The Balaban J connectivity index is 2.96. The first-order valence-electron chi connectivity index (χ1n) is 8.10. The van der Waals surface area contributed by atoms with Crippen LogP contribution in [0.3, 0.4) is 0 Å². The number of hydrogen-bond acceptors (Lipinski definition) is 5. The van der Waals surface area contributed by atoms with Crippen molar-refractivity contribution in [1.29, 1.82) is 0 Å². The van der Waals surface area contributed by atoms with Crippen LogP contribution in [0, 0.1) is 23.3 Å². The number of carbonyl (C=O) groups excluding carboxylic acids is 3. The predicted octanol–water partition coefficient (Wildman–Crippen LogP) is 2.18. The van der Waals surface area contributed by atoms with E-state index in [1.54, 1.807) is 0 Å². The number of hydrogen-bond donors (Lipinski definition) is 2. The van der Waals surface area contributed by atoms with Crippen molar-refractivity contribution in [3.05, 3.63) is 35.0 Å². The number of H-pyrrole nitrogens is 1. The minimum atomic E-state index is -2.78. The van der Waals surface area contributed by atoms with E-state index in [1.165, 1.54) is 13.8 Å². The average molecular weight is 404 g/mol. The molecule has 2 rings (SSSR count). The molecule has 7 nitrogen and oxygen atoms in total. The number of carbonyl (C=O) groups is 3. The molecular weight excluding hydrogens is 388 g/mol. The molecule has 11 heteroatoms. The van der Waals surface area contributed by atoms with Gasteiger partial charge in [-0.15, -0.1) is 0 Å². The zero-order valence-corrected chi connectivity index (χ0v) is 15.0. The number of esters is 2. The highest BCUT2D eigenvalue weighted by Crippen LogP contribution is 2.36. The lowest BCUT2D eigenvalue weighted by Crippen LogP contribution is -2.58. The van der Waals surface area contributed by atoms with Crippen LogP contribution < -0.4 is 5.32 Å². The third-order valence-corrected chi connectivity index (χ3v) is 3.83. The number of aromatic amines is 1. The second-order valence-corrected chi connectivity index (χ2v) is 5.58. The summed E-state index contributed by atoms with van der Waals surface area (Å²) in [6.07, 6.45) is 0.763. The third-order valence-electron chi connectivity index (χ3n) is 3.83. The molecular formula is C17H16F4N2O5. The zero-order chi connectivity index (χ0) is 21.2. The summed E-state index contributed by atoms with van der Waals surface area (Å²) in [6.45, 7) is 3.24. The molecule has 1 amide bonds. The van der Waals surface area contributed by atoms with Crippen LogP contribution in [0.2, 0.25) is 0 Å². The van der Waals surface area contributed by atoms with Gasteiger partial charge in [0.05, 0.1) is 18.7 Å². The van der Waals surface area contributed by atoms with Crippen LogP contribution in [0.4, 0.5) is 17.6 Å². The summed E-state index contributed by atoms with van der Waals surface area (Å²) in [6, 6.07) is 0. The number of fused-ring (bicyclic) bond motifs is 1. The second kappa shape index (κ2) is 7.87. The fraction of sp³-hybridized carbons (Fsp3) is 0.353. The lowest BCUT2D eigenvalue weighted by molar-refractivity contribution is -0.168.